The molecule has 1 aliphatic rings. The molecule has 108 valence electrons. The van der Waals surface area contributed by atoms with Gasteiger partial charge in [-0.1, -0.05) is 35.3 Å². The van der Waals surface area contributed by atoms with Gasteiger partial charge >= 0.3 is 0 Å². The molecule has 1 amide bonds. The Morgan fingerprint density at radius 1 is 1.19 bits per heavy atom. The largest absolute Gasteiger partial charge is 0.481 e. The summed E-state index contributed by atoms with van der Waals surface area (Å²) < 4.78 is 5.41. The number of benzene rings is 2. The summed E-state index contributed by atoms with van der Waals surface area (Å²) in [6.45, 7) is 0.411. The number of halogens is 2. The fourth-order valence-corrected chi connectivity index (χ4v) is 2.47. The van der Waals surface area contributed by atoms with Gasteiger partial charge in [0.1, 0.15) is 5.75 Å². The summed E-state index contributed by atoms with van der Waals surface area (Å²) in [5.74, 6) is 0.434. The van der Waals surface area contributed by atoms with Gasteiger partial charge in [0.25, 0.3) is 5.91 Å². The van der Waals surface area contributed by atoms with Gasteiger partial charge in [0.15, 0.2) is 6.61 Å². The summed E-state index contributed by atoms with van der Waals surface area (Å²) in [4.78, 5) is 13.8. The molecule has 1 heterocycles. The molecule has 2 N–H and O–H groups in total. The van der Waals surface area contributed by atoms with Gasteiger partial charge in [0, 0.05) is 11.1 Å². The van der Waals surface area contributed by atoms with E-state index in [0.29, 0.717) is 33.7 Å². The van der Waals surface area contributed by atoms with Crippen LogP contribution in [0.4, 0.5) is 11.4 Å². The van der Waals surface area contributed by atoms with Crippen LogP contribution in [0, 0.1) is 0 Å². The van der Waals surface area contributed by atoms with Gasteiger partial charge in [-0.05, 0) is 23.8 Å². The van der Waals surface area contributed by atoms with Gasteiger partial charge in [-0.2, -0.15) is 0 Å². The number of carbonyl (C=O) groups is 1. The van der Waals surface area contributed by atoms with Crippen LogP contribution in [-0.2, 0) is 11.3 Å². The average molecular weight is 323 g/mol. The molecule has 0 saturated heterocycles. The Kier molecular flexibility index (Phi) is 3.66. The fraction of sp³-hybridized carbons (Fsp3) is 0.133. The zero-order chi connectivity index (χ0) is 15.0. The number of anilines is 2. The van der Waals surface area contributed by atoms with E-state index in [9.17, 15) is 4.79 Å². The van der Waals surface area contributed by atoms with E-state index >= 15 is 0 Å². The third-order valence-electron chi connectivity index (χ3n) is 3.28. The van der Waals surface area contributed by atoms with E-state index in [-0.39, 0.29) is 12.5 Å². The minimum absolute atomic E-state index is 0.0122. The second kappa shape index (κ2) is 5.47. The highest BCUT2D eigenvalue weighted by molar-refractivity contribution is 6.33. The Balaban J connectivity index is 1.97. The lowest BCUT2D eigenvalue weighted by molar-refractivity contribution is -0.121. The minimum atomic E-state index is -0.127. The van der Waals surface area contributed by atoms with E-state index in [1.165, 1.54) is 0 Å². The number of nitrogens with two attached hydrogens (primary N) is 1. The number of amides is 1. The molecule has 0 saturated carbocycles. The van der Waals surface area contributed by atoms with Gasteiger partial charge < -0.3 is 15.4 Å². The van der Waals surface area contributed by atoms with Crippen molar-refractivity contribution in [3.63, 3.8) is 0 Å². The highest BCUT2D eigenvalue weighted by Crippen LogP contribution is 2.38. The zero-order valence-electron chi connectivity index (χ0n) is 11.0. The highest BCUT2D eigenvalue weighted by Gasteiger charge is 2.26. The van der Waals surface area contributed by atoms with Crippen LogP contribution in [0.1, 0.15) is 5.56 Å². The Labute approximate surface area is 132 Å². The van der Waals surface area contributed by atoms with Crippen molar-refractivity contribution >= 4 is 40.5 Å². The highest BCUT2D eigenvalue weighted by atomic mass is 35.5. The van der Waals surface area contributed by atoms with E-state index in [0.717, 1.165) is 5.56 Å². The fourth-order valence-electron chi connectivity index (χ4n) is 2.18. The van der Waals surface area contributed by atoms with E-state index in [1.54, 1.807) is 29.2 Å². The van der Waals surface area contributed by atoms with E-state index < -0.39 is 0 Å². The zero-order valence-corrected chi connectivity index (χ0v) is 12.5. The van der Waals surface area contributed by atoms with Crippen molar-refractivity contribution < 1.29 is 9.53 Å². The predicted molar refractivity (Wildman–Crippen MR) is 84.0 cm³/mol. The average Bonchev–Trinajstić information content (AvgIpc) is 2.46. The van der Waals surface area contributed by atoms with Crippen LogP contribution in [0.5, 0.6) is 5.75 Å². The van der Waals surface area contributed by atoms with Gasteiger partial charge in [-0.25, -0.2) is 0 Å². The number of hydrogen-bond donors (Lipinski definition) is 1. The second-order valence-electron chi connectivity index (χ2n) is 4.74. The molecular weight excluding hydrogens is 311 g/mol. The molecule has 21 heavy (non-hydrogen) atoms. The van der Waals surface area contributed by atoms with Crippen LogP contribution in [0.2, 0.25) is 10.0 Å². The molecule has 4 nitrogen and oxygen atoms in total. The molecule has 0 radical (unpaired) electrons. The van der Waals surface area contributed by atoms with Crippen molar-refractivity contribution in [1.82, 2.24) is 0 Å². The lowest BCUT2D eigenvalue weighted by Gasteiger charge is -2.30. The minimum Gasteiger partial charge on any atom is -0.481 e. The topological polar surface area (TPSA) is 55.6 Å². The first-order valence-electron chi connectivity index (χ1n) is 6.31. The summed E-state index contributed by atoms with van der Waals surface area (Å²) in [5, 5.41) is 1.05. The quantitative estimate of drug-likeness (QED) is 0.861. The van der Waals surface area contributed by atoms with Crippen molar-refractivity contribution in [3.8, 4) is 5.75 Å². The maximum Gasteiger partial charge on any atom is 0.265 e. The lowest BCUT2D eigenvalue weighted by Crippen LogP contribution is -2.38. The van der Waals surface area contributed by atoms with Gasteiger partial charge in [0.05, 0.1) is 22.9 Å². The predicted octanol–water partition coefficient (Wildman–Crippen LogP) is 3.50. The van der Waals surface area contributed by atoms with E-state index in [4.69, 9.17) is 33.7 Å². The molecular formula is C15H12Cl2N2O2. The van der Waals surface area contributed by atoms with Gasteiger partial charge in [-0.3, -0.25) is 4.79 Å². The molecule has 2 aromatic rings. The van der Waals surface area contributed by atoms with Gasteiger partial charge in [0.2, 0.25) is 0 Å². The summed E-state index contributed by atoms with van der Waals surface area (Å²) in [7, 11) is 0. The first-order chi connectivity index (χ1) is 10.0. The number of nitrogen functional groups attached to an aromatic ring is 1. The van der Waals surface area contributed by atoms with Crippen molar-refractivity contribution in [2.45, 2.75) is 6.54 Å². The molecule has 0 atom stereocenters. The molecule has 0 aromatic heterocycles. The van der Waals surface area contributed by atoms with Crippen LogP contribution >= 0.6 is 23.2 Å². The van der Waals surface area contributed by atoms with Crippen LogP contribution in [0.3, 0.4) is 0 Å². The SMILES string of the molecule is Nc1cc2c(cc1Cl)N(Cc1ccc(Cl)cc1)C(=O)CO2. The molecule has 0 bridgehead atoms. The molecule has 1 aliphatic heterocycles. The number of ether oxygens (including phenoxy) is 1. The first-order valence-corrected chi connectivity index (χ1v) is 7.07. The maximum absolute atomic E-state index is 12.1. The van der Waals surface area contributed by atoms with Crippen LogP contribution in [0.25, 0.3) is 0 Å². The van der Waals surface area contributed by atoms with Crippen LogP contribution in [0.15, 0.2) is 36.4 Å². The summed E-state index contributed by atoms with van der Waals surface area (Å²) in [6.07, 6.45) is 0. The van der Waals surface area contributed by atoms with Gasteiger partial charge in [-0.15, -0.1) is 0 Å². The number of hydrogen-bond acceptors (Lipinski definition) is 3. The number of fused-ring (bicyclic) bond motifs is 1. The van der Waals surface area contributed by atoms with Crippen molar-refractivity contribution in [3.05, 3.63) is 52.0 Å². The molecule has 0 fully saturated rings. The monoisotopic (exact) mass is 322 g/mol. The third-order valence-corrected chi connectivity index (χ3v) is 3.85. The van der Waals surface area contributed by atoms with Crippen LogP contribution < -0.4 is 15.4 Å². The molecule has 3 rings (SSSR count). The smallest absolute Gasteiger partial charge is 0.265 e. The van der Waals surface area contributed by atoms with Crippen molar-refractivity contribution in [1.29, 1.82) is 0 Å². The lowest BCUT2D eigenvalue weighted by atomic mass is 10.1. The summed E-state index contributed by atoms with van der Waals surface area (Å²) >= 11 is 11.9. The van der Waals surface area contributed by atoms with E-state index in [1.807, 2.05) is 12.1 Å². The number of rotatable bonds is 2. The number of nitrogens with zero attached hydrogens (tertiary/aromatic N) is 1. The molecule has 0 unspecified atom stereocenters. The Bertz CT molecular complexity index is 702. The molecule has 6 heteroatoms. The Morgan fingerprint density at radius 3 is 2.62 bits per heavy atom. The normalized spacial score (nSPS) is 13.8. The van der Waals surface area contributed by atoms with Crippen LogP contribution in [-0.4, -0.2) is 12.5 Å². The third kappa shape index (κ3) is 2.77. The van der Waals surface area contributed by atoms with Crippen molar-refractivity contribution in [2.24, 2.45) is 0 Å². The van der Waals surface area contributed by atoms with E-state index in [2.05, 4.69) is 0 Å². The standard InChI is InChI=1S/C15H12Cl2N2O2/c16-10-3-1-9(2-4-10)7-19-13-5-11(17)12(18)6-14(13)21-8-15(19)20/h1-6H,7-8,18H2. The number of carbonyl (C=O) groups excluding carboxylic acids is 1. The Morgan fingerprint density at radius 2 is 1.90 bits per heavy atom. The second-order valence-corrected chi connectivity index (χ2v) is 5.58. The molecule has 0 aliphatic carbocycles. The first kappa shape index (κ1) is 14.0. The summed E-state index contributed by atoms with van der Waals surface area (Å²) in [5.41, 5.74) is 7.78. The molecule has 0 spiro atoms. The van der Waals surface area contributed by atoms with Crippen molar-refractivity contribution in [2.75, 3.05) is 17.2 Å². The Hall–Kier alpha value is -1.91. The molecule has 2 aromatic carbocycles. The summed E-state index contributed by atoms with van der Waals surface area (Å²) in [6, 6.07) is 10.6. The maximum atomic E-state index is 12.1.